The highest BCUT2D eigenvalue weighted by Crippen LogP contribution is 2.26. The van der Waals surface area contributed by atoms with E-state index in [1.165, 1.54) is 0 Å². The highest BCUT2D eigenvalue weighted by atomic mass is 16.5. The van der Waals surface area contributed by atoms with Gasteiger partial charge in [-0.25, -0.2) is 0 Å². The molecule has 5 heteroatoms. The number of carbonyl (C=O) groups excluding carboxylic acids is 2. The second kappa shape index (κ2) is 10.1. The Balaban J connectivity index is 1.52. The zero-order valence-electron chi connectivity index (χ0n) is 18.3. The zero-order chi connectivity index (χ0) is 22.3. The Hall–Kier alpha value is -3.60. The van der Waals surface area contributed by atoms with Gasteiger partial charge in [0.15, 0.2) is 0 Å². The number of methoxy groups -OCH3 is 1. The van der Waals surface area contributed by atoms with Crippen molar-refractivity contribution in [3.05, 3.63) is 90.0 Å². The molecule has 1 N–H and O–H groups in total. The number of nitrogens with one attached hydrogen (secondary N) is 1. The van der Waals surface area contributed by atoms with Gasteiger partial charge in [0.1, 0.15) is 5.75 Å². The SMILES string of the molecule is COc1ccccc1CC(=O)N1CCNC(=O)[C@@H](Cc2ccccc2-c2ccccc2)C1. The van der Waals surface area contributed by atoms with E-state index in [2.05, 4.69) is 29.6 Å². The minimum absolute atomic E-state index is 0.000423. The number of carbonyl (C=O) groups is 2. The number of para-hydroxylation sites is 1. The molecular weight excluding hydrogens is 400 g/mol. The molecule has 1 aliphatic heterocycles. The molecule has 3 aromatic rings. The average molecular weight is 429 g/mol. The standard InChI is InChI=1S/C27H28N2O3/c1-32-25-14-8-6-12-22(25)18-26(30)29-16-15-28-27(31)23(19-29)17-21-11-5-7-13-24(21)20-9-3-2-4-10-20/h2-14,23H,15-19H2,1H3,(H,28,31)/t23-/m0/s1. The topological polar surface area (TPSA) is 58.6 Å². The Morgan fingerprint density at radius 2 is 1.66 bits per heavy atom. The van der Waals surface area contributed by atoms with E-state index in [4.69, 9.17) is 4.74 Å². The number of rotatable bonds is 6. The van der Waals surface area contributed by atoms with E-state index in [1.807, 2.05) is 54.6 Å². The summed E-state index contributed by atoms with van der Waals surface area (Å²) in [5, 5.41) is 2.99. The fraction of sp³-hybridized carbons (Fsp3) is 0.259. The number of benzene rings is 3. The van der Waals surface area contributed by atoms with Crippen LogP contribution in [0.3, 0.4) is 0 Å². The molecule has 1 saturated heterocycles. The van der Waals surface area contributed by atoms with Gasteiger partial charge in [0.05, 0.1) is 19.4 Å². The van der Waals surface area contributed by atoms with Crippen molar-refractivity contribution in [2.75, 3.05) is 26.7 Å². The summed E-state index contributed by atoms with van der Waals surface area (Å²) in [5.41, 5.74) is 4.21. The van der Waals surface area contributed by atoms with Crippen molar-refractivity contribution in [1.82, 2.24) is 10.2 Å². The summed E-state index contributed by atoms with van der Waals surface area (Å²) < 4.78 is 5.39. The Morgan fingerprint density at radius 3 is 2.44 bits per heavy atom. The average Bonchev–Trinajstić information content (AvgIpc) is 3.02. The first-order valence-corrected chi connectivity index (χ1v) is 11.0. The lowest BCUT2D eigenvalue weighted by molar-refractivity contribution is -0.131. The predicted molar refractivity (Wildman–Crippen MR) is 125 cm³/mol. The van der Waals surface area contributed by atoms with Gasteiger partial charge >= 0.3 is 0 Å². The highest BCUT2D eigenvalue weighted by molar-refractivity contribution is 5.83. The van der Waals surface area contributed by atoms with Gasteiger partial charge in [-0.05, 0) is 29.2 Å². The number of hydrogen-bond acceptors (Lipinski definition) is 3. The van der Waals surface area contributed by atoms with E-state index >= 15 is 0 Å². The van der Waals surface area contributed by atoms with Gasteiger partial charge in [0, 0.05) is 25.2 Å². The van der Waals surface area contributed by atoms with Crippen molar-refractivity contribution in [1.29, 1.82) is 0 Å². The van der Waals surface area contributed by atoms with Gasteiger partial charge in [-0.3, -0.25) is 9.59 Å². The Bertz CT molecular complexity index is 1080. The summed E-state index contributed by atoms with van der Waals surface area (Å²) in [5.74, 6) is 0.412. The van der Waals surface area contributed by atoms with Gasteiger partial charge in [0.2, 0.25) is 11.8 Å². The van der Waals surface area contributed by atoms with Crippen molar-refractivity contribution in [2.45, 2.75) is 12.8 Å². The van der Waals surface area contributed by atoms with Crippen molar-refractivity contribution in [3.63, 3.8) is 0 Å². The second-order valence-electron chi connectivity index (χ2n) is 8.04. The molecule has 1 heterocycles. The third-order valence-electron chi connectivity index (χ3n) is 5.95. The lowest BCUT2D eigenvalue weighted by Crippen LogP contribution is -2.38. The van der Waals surface area contributed by atoms with Gasteiger partial charge in [0.25, 0.3) is 0 Å². The lowest BCUT2D eigenvalue weighted by atomic mass is 9.91. The van der Waals surface area contributed by atoms with Crippen molar-refractivity contribution < 1.29 is 14.3 Å². The molecule has 3 aromatic carbocycles. The number of nitrogens with zero attached hydrogens (tertiary/aromatic N) is 1. The van der Waals surface area contributed by atoms with Crippen LogP contribution in [0.5, 0.6) is 5.75 Å². The normalized spacial score (nSPS) is 16.2. The van der Waals surface area contributed by atoms with Gasteiger partial charge < -0.3 is 15.0 Å². The van der Waals surface area contributed by atoms with E-state index in [0.717, 1.165) is 22.3 Å². The number of amides is 2. The summed E-state index contributed by atoms with van der Waals surface area (Å²) >= 11 is 0. The lowest BCUT2D eigenvalue weighted by Gasteiger charge is -2.24. The molecule has 1 aliphatic rings. The van der Waals surface area contributed by atoms with Crippen LogP contribution in [-0.2, 0) is 22.4 Å². The molecule has 1 atom stereocenters. The van der Waals surface area contributed by atoms with Crippen LogP contribution in [0.1, 0.15) is 11.1 Å². The molecule has 0 aliphatic carbocycles. The molecule has 0 aromatic heterocycles. The molecule has 0 bridgehead atoms. The Morgan fingerprint density at radius 1 is 0.969 bits per heavy atom. The van der Waals surface area contributed by atoms with E-state index < -0.39 is 0 Å². The second-order valence-corrected chi connectivity index (χ2v) is 8.04. The minimum atomic E-state index is -0.302. The van der Waals surface area contributed by atoms with Crippen LogP contribution in [-0.4, -0.2) is 43.5 Å². The van der Waals surface area contributed by atoms with Gasteiger partial charge in [-0.15, -0.1) is 0 Å². The maximum Gasteiger partial charge on any atom is 0.227 e. The van der Waals surface area contributed by atoms with Crippen LogP contribution in [0.4, 0.5) is 0 Å². The monoisotopic (exact) mass is 428 g/mol. The minimum Gasteiger partial charge on any atom is -0.496 e. The van der Waals surface area contributed by atoms with Crippen LogP contribution in [0.25, 0.3) is 11.1 Å². The molecule has 0 spiro atoms. The number of ether oxygens (including phenoxy) is 1. The fourth-order valence-electron chi connectivity index (χ4n) is 4.27. The highest BCUT2D eigenvalue weighted by Gasteiger charge is 2.28. The third kappa shape index (κ3) is 4.99. The first-order chi connectivity index (χ1) is 15.7. The van der Waals surface area contributed by atoms with Crippen molar-refractivity contribution in [2.24, 2.45) is 5.92 Å². The Labute approximate surface area is 189 Å². The van der Waals surface area contributed by atoms with Crippen LogP contribution >= 0.6 is 0 Å². The first-order valence-electron chi connectivity index (χ1n) is 11.0. The molecular formula is C27H28N2O3. The van der Waals surface area contributed by atoms with Crippen molar-refractivity contribution in [3.8, 4) is 16.9 Å². The molecule has 32 heavy (non-hydrogen) atoms. The van der Waals surface area contributed by atoms with Crippen LogP contribution < -0.4 is 10.1 Å². The van der Waals surface area contributed by atoms with Gasteiger partial charge in [-0.1, -0.05) is 72.8 Å². The van der Waals surface area contributed by atoms with E-state index in [9.17, 15) is 9.59 Å². The summed E-state index contributed by atoms with van der Waals surface area (Å²) in [6.45, 7) is 1.38. The maximum absolute atomic E-state index is 13.1. The van der Waals surface area contributed by atoms with E-state index in [-0.39, 0.29) is 24.2 Å². The molecule has 1 fully saturated rings. The Kier molecular flexibility index (Phi) is 6.85. The smallest absolute Gasteiger partial charge is 0.227 e. The van der Waals surface area contributed by atoms with Crippen LogP contribution in [0, 0.1) is 5.92 Å². The van der Waals surface area contributed by atoms with Crippen LogP contribution in [0.15, 0.2) is 78.9 Å². The summed E-state index contributed by atoms with van der Waals surface area (Å²) in [7, 11) is 1.61. The van der Waals surface area contributed by atoms with Crippen LogP contribution in [0.2, 0.25) is 0 Å². The molecule has 0 radical (unpaired) electrons. The molecule has 0 saturated carbocycles. The molecule has 164 valence electrons. The molecule has 0 unspecified atom stereocenters. The quantitative estimate of drug-likeness (QED) is 0.651. The summed E-state index contributed by atoms with van der Waals surface area (Å²) in [4.78, 5) is 27.7. The predicted octanol–water partition coefficient (Wildman–Crippen LogP) is 3.72. The van der Waals surface area contributed by atoms with Crippen molar-refractivity contribution >= 4 is 11.8 Å². The number of hydrogen-bond donors (Lipinski definition) is 1. The maximum atomic E-state index is 13.1. The molecule has 4 rings (SSSR count). The first kappa shape index (κ1) is 21.6. The third-order valence-corrected chi connectivity index (χ3v) is 5.95. The molecule has 2 amide bonds. The fourth-order valence-corrected chi connectivity index (χ4v) is 4.27. The van der Waals surface area contributed by atoms with Gasteiger partial charge in [-0.2, -0.15) is 0 Å². The largest absolute Gasteiger partial charge is 0.496 e. The van der Waals surface area contributed by atoms with E-state index in [0.29, 0.717) is 31.8 Å². The summed E-state index contributed by atoms with van der Waals surface area (Å²) in [6.07, 6.45) is 0.834. The molecule has 5 nitrogen and oxygen atoms in total. The van der Waals surface area contributed by atoms with E-state index in [1.54, 1.807) is 12.0 Å². The zero-order valence-corrected chi connectivity index (χ0v) is 18.3. The summed E-state index contributed by atoms with van der Waals surface area (Å²) in [6, 6.07) is 25.9.